The van der Waals surface area contributed by atoms with Crippen LogP contribution in [0.25, 0.3) is 20.8 Å². The standard InChI is InChI=1S/C15H10OSe/c16-10-14-15(11-6-2-1-3-7-11)12-8-4-5-9-13(12)17-14/h1-10H. The van der Waals surface area contributed by atoms with Gasteiger partial charge in [-0.1, -0.05) is 0 Å². The monoisotopic (exact) mass is 286 g/mol. The van der Waals surface area contributed by atoms with E-state index in [1.54, 1.807) is 0 Å². The fourth-order valence-electron chi connectivity index (χ4n) is 2.05. The molecule has 0 radical (unpaired) electrons. The van der Waals surface area contributed by atoms with Crippen LogP contribution in [0.15, 0.2) is 54.6 Å². The van der Waals surface area contributed by atoms with Gasteiger partial charge in [-0.3, -0.25) is 0 Å². The molecule has 0 N–H and O–H groups in total. The van der Waals surface area contributed by atoms with Crippen molar-refractivity contribution >= 4 is 30.4 Å². The van der Waals surface area contributed by atoms with Crippen molar-refractivity contribution in [1.82, 2.24) is 0 Å². The quantitative estimate of drug-likeness (QED) is 0.521. The summed E-state index contributed by atoms with van der Waals surface area (Å²) in [7, 11) is 0. The van der Waals surface area contributed by atoms with E-state index in [1.807, 2.05) is 30.3 Å². The Balaban J connectivity index is 2.38. The van der Waals surface area contributed by atoms with E-state index in [0.29, 0.717) is 0 Å². The van der Waals surface area contributed by atoms with Crippen LogP contribution in [-0.4, -0.2) is 20.8 Å². The van der Waals surface area contributed by atoms with Crippen molar-refractivity contribution < 1.29 is 4.79 Å². The van der Waals surface area contributed by atoms with Crippen LogP contribution in [0.2, 0.25) is 0 Å². The Morgan fingerprint density at radius 3 is 2.35 bits per heavy atom. The van der Waals surface area contributed by atoms with Gasteiger partial charge in [0.05, 0.1) is 0 Å². The maximum absolute atomic E-state index is 11.2. The fraction of sp³-hybridized carbons (Fsp3) is 0. The Hall–Kier alpha value is -1.63. The molecule has 1 nitrogen and oxygen atoms in total. The first-order chi connectivity index (χ1) is 8.40. The average Bonchev–Trinajstić information content (AvgIpc) is 2.78. The molecule has 1 aromatic heterocycles. The summed E-state index contributed by atoms with van der Waals surface area (Å²) in [5.41, 5.74) is 2.26. The zero-order valence-electron chi connectivity index (χ0n) is 9.09. The van der Waals surface area contributed by atoms with Crippen LogP contribution in [0, 0.1) is 0 Å². The van der Waals surface area contributed by atoms with Gasteiger partial charge in [-0.2, -0.15) is 0 Å². The van der Waals surface area contributed by atoms with E-state index < -0.39 is 0 Å². The van der Waals surface area contributed by atoms with Gasteiger partial charge in [0.1, 0.15) is 0 Å². The second kappa shape index (κ2) is 4.32. The summed E-state index contributed by atoms with van der Waals surface area (Å²) in [5.74, 6) is 0. The number of aldehydes is 1. The first kappa shape index (κ1) is 10.5. The van der Waals surface area contributed by atoms with Crippen molar-refractivity contribution in [3.05, 3.63) is 59.0 Å². The van der Waals surface area contributed by atoms with Crippen molar-refractivity contribution in [2.45, 2.75) is 0 Å². The van der Waals surface area contributed by atoms with Crippen LogP contribution < -0.4 is 0 Å². The van der Waals surface area contributed by atoms with Gasteiger partial charge in [-0.25, -0.2) is 0 Å². The van der Waals surface area contributed by atoms with Gasteiger partial charge in [0.2, 0.25) is 0 Å². The molecule has 0 aliphatic rings. The van der Waals surface area contributed by atoms with Crippen LogP contribution in [-0.2, 0) is 0 Å². The second-order valence-electron chi connectivity index (χ2n) is 3.82. The van der Waals surface area contributed by atoms with Crippen LogP contribution in [0.4, 0.5) is 0 Å². The number of hydrogen-bond donors (Lipinski definition) is 0. The molecule has 3 aromatic rings. The zero-order chi connectivity index (χ0) is 11.7. The van der Waals surface area contributed by atoms with Gasteiger partial charge in [0, 0.05) is 0 Å². The van der Waals surface area contributed by atoms with Gasteiger partial charge in [0.25, 0.3) is 0 Å². The van der Waals surface area contributed by atoms with Crippen molar-refractivity contribution in [2.24, 2.45) is 0 Å². The average molecular weight is 285 g/mol. The third-order valence-electron chi connectivity index (χ3n) is 2.79. The molecule has 1 heterocycles. The summed E-state index contributed by atoms with van der Waals surface area (Å²) < 4.78 is 2.26. The SMILES string of the molecule is O=Cc1[se]c2ccccc2c1-c1ccccc1. The van der Waals surface area contributed by atoms with Crippen molar-refractivity contribution in [2.75, 3.05) is 0 Å². The molecule has 0 saturated heterocycles. The molecule has 0 aliphatic heterocycles. The summed E-state index contributed by atoms with van der Waals surface area (Å²) in [4.78, 5) is 11.2. The zero-order valence-corrected chi connectivity index (χ0v) is 10.8. The first-order valence-electron chi connectivity index (χ1n) is 5.42. The maximum atomic E-state index is 11.2. The molecule has 0 saturated carbocycles. The number of benzene rings is 2. The third kappa shape index (κ3) is 1.76. The number of carbonyl (C=O) groups is 1. The summed E-state index contributed by atoms with van der Waals surface area (Å²) in [6.45, 7) is 0. The molecule has 2 aromatic carbocycles. The van der Waals surface area contributed by atoms with Crippen LogP contribution >= 0.6 is 0 Å². The van der Waals surface area contributed by atoms with E-state index in [0.717, 1.165) is 21.9 Å². The second-order valence-corrected chi connectivity index (χ2v) is 6.10. The summed E-state index contributed by atoms with van der Waals surface area (Å²) >= 11 is 0.156. The number of carbonyl (C=O) groups excluding carboxylic acids is 1. The molecule has 0 aliphatic carbocycles. The Labute approximate surface area is 105 Å². The van der Waals surface area contributed by atoms with E-state index in [2.05, 4.69) is 24.3 Å². The molecule has 0 bridgehead atoms. The molecular weight excluding hydrogens is 275 g/mol. The molecule has 2 heteroatoms. The van der Waals surface area contributed by atoms with E-state index in [1.165, 1.54) is 9.65 Å². The topological polar surface area (TPSA) is 17.1 Å². The van der Waals surface area contributed by atoms with Gasteiger partial charge in [-0.15, -0.1) is 0 Å². The molecule has 17 heavy (non-hydrogen) atoms. The first-order valence-corrected chi connectivity index (χ1v) is 7.13. The molecular formula is C15H10OSe. The number of hydrogen-bond acceptors (Lipinski definition) is 1. The minimum atomic E-state index is 0.156. The minimum absolute atomic E-state index is 0.156. The molecule has 0 fully saturated rings. The molecule has 0 spiro atoms. The molecule has 3 rings (SSSR count). The Morgan fingerprint density at radius 1 is 0.882 bits per heavy atom. The van der Waals surface area contributed by atoms with E-state index in [-0.39, 0.29) is 14.5 Å². The van der Waals surface area contributed by atoms with Gasteiger partial charge < -0.3 is 0 Å². The number of fused-ring (bicyclic) bond motifs is 1. The van der Waals surface area contributed by atoms with Crippen molar-refractivity contribution in [1.29, 1.82) is 0 Å². The predicted octanol–water partition coefficient (Wildman–Crippen LogP) is 3.38. The van der Waals surface area contributed by atoms with E-state index in [9.17, 15) is 4.79 Å². The molecule has 0 atom stereocenters. The summed E-state index contributed by atoms with van der Waals surface area (Å²) in [5, 5.41) is 1.22. The van der Waals surface area contributed by atoms with E-state index in [4.69, 9.17) is 0 Å². The predicted molar refractivity (Wildman–Crippen MR) is 71.7 cm³/mol. The van der Waals surface area contributed by atoms with Gasteiger partial charge in [0.15, 0.2) is 0 Å². The Morgan fingerprint density at radius 2 is 1.59 bits per heavy atom. The van der Waals surface area contributed by atoms with Gasteiger partial charge >= 0.3 is 105 Å². The van der Waals surface area contributed by atoms with Crippen LogP contribution in [0.3, 0.4) is 0 Å². The molecule has 0 amide bonds. The molecule has 0 unspecified atom stereocenters. The Kier molecular flexibility index (Phi) is 2.68. The molecule has 82 valence electrons. The van der Waals surface area contributed by atoms with Crippen molar-refractivity contribution in [3.63, 3.8) is 0 Å². The van der Waals surface area contributed by atoms with Crippen LogP contribution in [0.1, 0.15) is 9.23 Å². The number of rotatable bonds is 2. The normalized spacial score (nSPS) is 10.6. The summed E-state index contributed by atoms with van der Waals surface area (Å²) in [6, 6.07) is 18.5. The van der Waals surface area contributed by atoms with E-state index >= 15 is 0 Å². The third-order valence-corrected chi connectivity index (χ3v) is 5.09. The summed E-state index contributed by atoms with van der Waals surface area (Å²) in [6.07, 6.45) is 1.02. The van der Waals surface area contributed by atoms with Gasteiger partial charge in [-0.05, 0) is 0 Å². The Bertz CT molecular complexity index is 668. The van der Waals surface area contributed by atoms with Crippen LogP contribution in [0.5, 0.6) is 0 Å². The fourth-order valence-corrected chi connectivity index (χ4v) is 4.24. The van der Waals surface area contributed by atoms with Crippen molar-refractivity contribution in [3.8, 4) is 11.1 Å².